The Kier molecular flexibility index (Phi) is 4.03. The van der Waals surface area contributed by atoms with Crippen LogP contribution >= 0.6 is 22.9 Å². The van der Waals surface area contributed by atoms with Crippen molar-refractivity contribution in [1.82, 2.24) is 9.97 Å². The van der Waals surface area contributed by atoms with E-state index < -0.39 is 0 Å². The molecule has 7 heteroatoms. The number of nitriles is 1. The van der Waals surface area contributed by atoms with E-state index in [0.717, 1.165) is 4.88 Å². The fourth-order valence-corrected chi connectivity index (χ4v) is 3.74. The topological polar surface area (TPSA) is 75.6 Å². The highest BCUT2D eigenvalue weighted by atomic mass is 35.5. The summed E-state index contributed by atoms with van der Waals surface area (Å²) in [6.07, 6.45) is 0. The lowest BCUT2D eigenvalue weighted by atomic mass is 10.0. The van der Waals surface area contributed by atoms with Crippen LogP contribution in [0.3, 0.4) is 0 Å². The molecule has 0 fully saturated rings. The van der Waals surface area contributed by atoms with Crippen molar-refractivity contribution >= 4 is 39.7 Å². The number of aromatic nitrogens is 2. The number of nitrogen functional groups attached to an aromatic ring is 1. The Labute approximate surface area is 157 Å². The number of nitrogens with two attached hydrogens (primary N) is 1. The fraction of sp³-hybridized carbons (Fsp3) is 0. The fourth-order valence-electron chi connectivity index (χ4n) is 2.75. The van der Waals surface area contributed by atoms with E-state index in [4.69, 9.17) is 17.3 Å². The number of pyridine rings is 2. The number of rotatable bonds is 2. The highest BCUT2D eigenvalue weighted by Crippen LogP contribution is 2.36. The molecule has 4 rings (SSSR count). The van der Waals surface area contributed by atoms with Gasteiger partial charge in [0.15, 0.2) is 0 Å². The second-order valence-electron chi connectivity index (χ2n) is 5.57. The van der Waals surface area contributed by atoms with Gasteiger partial charge >= 0.3 is 0 Å². The Morgan fingerprint density at radius 1 is 1.12 bits per heavy atom. The average molecular weight is 381 g/mol. The molecule has 0 radical (unpaired) electrons. The van der Waals surface area contributed by atoms with Crippen LogP contribution in [0, 0.1) is 17.1 Å². The predicted octanol–water partition coefficient (Wildman–Crippen LogP) is 5.27. The summed E-state index contributed by atoms with van der Waals surface area (Å²) in [5.74, 6) is -0.247. The summed E-state index contributed by atoms with van der Waals surface area (Å²) < 4.78 is 13.6. The summed E-state index contributed by atoms with van der Waals surface area (Å²) >= 11 is 7.83. The molecule has 0 saturated carbocycles. The second-order valence-corrected chi connectivity index (χ2v) is 6.87. The van der Waals surface area contributed by atoms with Crippen LogP contribution in [-0.4, -0.2) is 9.97 Å². The van der Waals surface area contributed by atoms with E-state index in [2.05, 4.69) is 16.0 Å². The molecule has 126 valence electrons. The molecule has 0 aliphatic carbocycles. The molecule has 3 aromatic heterocycles. The highest BCUT2D eigenvalue weighted by Gasteiger charge is 2.16. The number of fused-ring (bicyclic) bond motifs is 1. The summed E-state index contributed by atoms with van der Waals surface area (Å²) in [4.78, 5) is 9.53. The molecule has 0 amide bonds. The van der Waals surface area contributed by atoms with Crippen molar-refractivity contribution in [3.63, 3.8) is 0 Å². The zero-order valence-corrected chi connectivity index (χ0v) is 14.8. The molecule has 26 heavy (non-hydrogen) atoms. The van der Waals surface area contributed by atoms with Crippen molar-refractivity contribution in [3.8, 4) is 27.8 Å². The summed E-state index contributed by atoms with van der Waals surface area (Å²) in [5, 5.41) is 12.2. The van der Waals surface area contributed by atoms with Crippen molar-refractivity contribution in [2.45, 2.75) is 0 Å². The maximum Gasteiger partial charge on any atom is 0.142 e. The zero-order valence-electron chi connectivity index (χ0n) is 13.2. The zero-order chi connectivity index (χ0) is 18.3. The Hall–Kier alpha value is -3.01. The summed E-state index contributed by atoms with van der Waals surface area (Å²) in [6.45, 7) is 0. The lowest BCUT2D eigenvalue weighted by Gasteiger charge is -2.10. The number of nitrogens with zero attached hydrogens (tertiary/aromatic N) is 3. The molecule has 2 N–H and O–H groups in total. The number of thiophene rings is 1. The number of hydrogen-bond donors (Lipinski definition) is 1. The van der Waals surface area contributed by atoms with Gasteiger partial charge in [0, 0.05) is 21.4 Å². The van der Waals surface area contributed by atoms with E-state index in [1.54, 1.807) is 18.2 Å². The summed E-state index contributed by atoms with van der Waals surface area (Å²) in [6, 6.07) is 13.7. The van der Waals surface area contributed by atoms with Crippen molar-refractivity contribution in [2.75, 3.05) is 5.73 Å². The van der Waals surface area contributed by atoms with Crippen molar-refractivity contribution in [1.29, 1.82) is 5.26 Å². The Morgan fingerprint density at radius 2 is 1.96 bits per heavy atom. The van der Waals surface area contributed by atoms with Crippen LogP contribution in [0.2, 0.25) is 5.15 Å². The molecule has 0 aliphatic heterocycles. The van der Waals surface area contributed by atoms with Gasteiger partial charge in [0.1, 0.15) is 28.4 Å². The largest absolute Gasteiger partial charge is 0.383 e. The predicted molar refractivity (Wildman–Crippen MR) is 102 cm³/mol. The van der Waals surface area contributed by atoms with Crippen LogP contribution in [0.5, 0.6) is 0 Å². The third-order valence-electron chi connectivity index (χ3n) is 3.95. The molecule has 0 unspecified atom stereocenters. The minimum Gasteiger partial charge on any atom is -0.383 e. The quantitative estimate of drug-likeness (QED) is 0.480. The van der Waals surface area contributed by atoms with E-state index in [1.807, 2.05) is 17.5 Å². The van der Waals surface area contributed by atoms with E-state index in [-0.39, 0.29) is 16.8 Å². The molecular formula is C19H10ClFN4S. The van der Waals surface area contributed by atoms with Gasteiger partial charge < -0.3 is 5.73 Å². The monoisotopic (exact) mass is 380 g/mol. The van der Waals surface area contributed by atoms with Crippen LogP contribution in [0.1, 0.15) is 5.56 Å². The van der Waals surface area contributed by atoms with E-state index in [0.29, 0.717) is 33.3 Å². The first-order valence-corrected chi connectivity index (χ1v) is 8.83. The van der Waals surface area contributed by atoms with Gasteiger partial charge in [-0.3, -0.25) is 0 Å². The Bertz CT molecular complexity index is 1180. The number of hydrogen-bond acceptors (Lipinski definition) is 5. The number of anilines is 1. The first kappa shape index (κ1) is 16.5. The summed E-state index contributed by atoms with van der Waals surface area (Å²) in [7, 11) is 0. The molecule has 0 bridgehead atoms. The van der Waals surface area contributed by atoms with Crippen molar-refractivity contribution in [2.24, 2.45) is 0 Å². The standard InChI is InChI=1S/C19H10ClFN4S/c20-18-13(7-10-6-11(21)3-4-15(10)24-18)16-8-12(17-2-1-5-26-17)14(9-22)19(23)25-16/h1-8H,(H2,23,25). The minimum atomic E-state index is -0.362. The first-order valence-electron chi connectivity index (χ1n) is 7.57. The van der Waals surface area contributed by atoms with Gasteiger partial charge in [-0.05, 0) is 41.8 Å². The SMILES string of the molecule is N#Cc1c(-c2cccs2)cc(-c2cc3cc(F)ccc3nc2Cl)nc1N. The van der Waals surface area contributed by atoms with Gasteiger partial charge in [-0.15, -0.1) is 11.3 Å². The van der Waals surface area contributed by atoms with Gasteiger partial charge in [0.05, 0.1) is 11.2 Å². The molecule has 0 saturated heterocycles. The van der Waals surface area contributed by atoms with Crippen molar-refractivity contribution < 1.29 is 4.39 Å². The molecule has 4 aromatic rings. The van der Waals surface area contributed by atoms with Crippen LogP contribution < -0.4 is 5.73 Å². The number of halogens is 2. The Balaban J connectivity index is 1.98. The second kappa shape index (κ2) is 6.37. The van der Waals surface area contributed by atoms with Gasteiger partial charge in [-0.1, -0.05) is 17.7 Å². The molecule has 3 heterocycles. The highest BCUT2D eigenvalue weighted by molar-refractivity contribution is 7.13. The van der Waals surface area contributed by atoms with E-state index in [1.165, 1.54) is 23.5 Å². The maximum atomic E-state index is 13.6. The molecule has 1 aromatic carbocycles. The molecule has 4 nitrogen and oxygen atoms in total. The van der Waals surface area contributed by atoms with E-state index in [9.17, 15) is 9.65 Å². The normalized spacial score (nSPS) is 10.8. The lowest BCUT2D eigenvalue weighted by molar-refractivity contribution is 0.629. The van der Waals surface area contributed by atoms with Crippen molar-refractivity contribution in [3.05, 3.63) is 64.4 Å². The third-order valence-corrected chi connectivity index (χ3v) is 5.14. The van der Waals surface area contributed by atoms with Gasteiger partial charge in [0.2, 0.25) is 0 Å². The molecule has 0 spiro atoms. The smallest absolute Gasteiger partial charge is 0.142 e. The molecule has 0 aliphatic rings. The number of benzene rings is 1. The van der Waals surface area contributed by atoms with Crippen LogP contribution in [-0.2, 0) is 0 Å². The molecule has 0 atom stereocenters. The third kappa shape index (κ3) is 2.77. The van der Waals surface area contributed by atoms with Gasteiger partial charge in [0.25, 0.3) is 0 Å². The van der Waals surface area contributed by atoms with Gasteiger partial charge in [-0.25, -0.2) is 14.4 Å². The summed E-state index contributed by atoms with van der Waals surface area (Å²) in [5.41, 5.74) is 8.59. The molecular weight excluding hydrogens is 371 g/mol. The first-order chi connectivity index (χ1) is 12.6. The minimum absolute atomic E-state index is 0.115. The average Bonchev–Trinajstić information content (AvgIpc) is 3.15. The lowest BCUT2D eigenvalue weighted by Crippen LogP contribution is -2.00. The van der Waals surface area contributed by atoms with Crippen LogP contribution in [0.4, 0.5) is 10.2 Å². The van der Waals surface area contributed by atoms with E-state index >= 15 is 0 Å². The van der Waals surface area contributed by atoms with Gasteiger partial charge in [-0.2, -0.15) is 5.26 Å². The Morgan fingerprint density at radius 3 is 2.69 bits per heavy atom. The van der Waals surface area contributed by atoms with Crippen LogP contribution in [0.15, 0.2) is 47.8 Å². The van der Waals surface area contributed by atoms with Crippen LogP contribution in [0.25, 0.3) is 32.6 Å². The maximum absolute atomic E-state index is 13.6.